The Kier molecular flexibility index (Phi) is 5.96. The molecule has 0 aliphatic heterocycles. The van der Waals surface area contributed by atoms with Crippen molar-refractivity contribution in [2.45, 2.75) is 0 Å². The van der Waals surface area contributed by atoms with Crippen molar-refractivity contribution in [3.05, 3.63) is 182 Å². The van der Waals surface area contributed by atoms with Gasteiger partial charge in [-0.15, -0.1) is 0 Å². The van der Waals surface area contributed by atoms with Gasteiger partial charge in [-0.25, -0.2) is 0 Å². The van der Waals surface area contributed by atoms with Gasteiger partial charge < -0.3 is 13.6 Å². The van der Waals surface area contributed by atoms with E-state index in [1.165, 1.54) is 65.9 Å². The average molecular weight is 651 g/mol. The number of nitrogens with zero attached hydrogens (tertiary/aromatic N) is 2. The van der Waals surface area contributed by atoms with Crippen molar-refractivity contribution in [1.82, 2.24) is 9.13 Å². The summed E-state index contributed by atoms with van der Waals surface area (Å²) in [5.41, 5.74) is 13.7. The molecule has 11 rings (SSSR count). The van der Waals surface area contributed by atoms with Crippen LogP contribution in [0.3, 0.4) is 0 Å². The molecule has 3 heteroatoms. The van der Waals surface area contributed by atoms with Crippen molar-refractivity contribution >= 4 is 65.6 Å². The third kappa shape index (κ3) is 4.25. The zero-order chi connectivity index (χ0) is 33.5. The van der Waals surface area contributed by atoms with Gasteiger partial charge >= 0.3 is 0 Å². The van der Waals surface area contributed by atoms with E-state index in [0.29, 0.717) is 0 Å². The Morgan fingerprint density at radius 2 is 0.843 bits per heavy atom. The van der Waals surface area contributed by atoms with E-state index in [9.17, 15) is 0 Å². The molecule has 3 nitrogen and oxygen atoms in total. The highest BCUT2D eigenvalue weighted by molar-refractivity contribution is 6.13. The molecular weight excluding hydrogens is 621 g/mol. The van der Waals surface area contributed by atoms with E-state index in [1.54, 1.807) is 0 Å². The van der Waals surface area contributed by atoms with Crippen LogP contribution in [0.25, 0.3) is 99.2 Å². The minimum absolute atomic E-state index is 0.903. The molecule has 0 saturated heterocycles. The second kappa shape index (κ2) is 10.8. The van der Waals surface area contributed by atoms with Crippen LogP contribution >= 0.6 is 0 Å². The normalized spacial score (nSPS) is 11.9. The highest BCUT2D eigenvalue weighted by atomic mass is 16.3. The molecule has 0 aliphatic carbocycles. The summed E-state index contributed by atoms with van der Waals surface area (Å²) in [7, 11) is 0. The first-order chi connectivity index (χ1) is 25.3. The fourth-order valence-electron chi connectivity index (χ4n) is 8.17. The van der Waals surface area contributed by atoms with Crippen LogP contribution in [0.5, 0.6) is 0 Å². The molecule has 0 N–H and O–H groups in total. The minimum Gasteiger partial charge on any atom is -0.456 e. The maximum Gasteiger partial charge on any atom is 0.135 e. The van der Waals surface area contributed by atoms with E-state index in [4.69, 9.17) is 4.42 Å². The summed E-state index contributed by atoms with van der Waals surface area (Å²) in [4.78, 5) is 0. The number of aromatic nitrogens is 2. The quantitative estimate of drug-likeness (QED) is 0.186. The SMILES string of the molecule is c1ccc(-c2cccc(-n3c4ccccc4c4cc(-c5ccc6c7ccccc7n(-c7ccc8oc9ccccc9c8c7)c6c5)ccc43)c2)cc1. The molecule has 0 unspecified atom stereocenters. The first-order valence-electron chi connectivity index (χ1n) is 17.4. The number of hydrogen-bond donors (Lipinski definition) is 0. The van der Waals surface area contributed by atoms with Crippen LogP contribution in [0.4, 0.5) is 0 Å². The van der Waals surface area contributed by atoms with E-state index >= 15 is 0 Å². The Labute approximate surface area is 293 Å². The number of hydrogen-bond acceptors (Lipinski definition) is 1. The third-order valence-corrected chi connectivity index (χ3v) is 10.5. The van der Waals surface area contributed by atoms with Crippen molar-refractivity contribution in [2.75, 3.05) is 0 Å². The molecular formula is C48H30N2O. The molecule has 51 heavy (non-hydrogen) atoms. The van der Waals surface area contributed by atoms with Crippen LogP contribution in [-0.2, 0) is 0 Å². The molecule has 0 aliphatic rings. The maximum atomic E-state index is 6.19. The molecule has 0 bridgehead atoms. The Morgan fingerprint density at radius 3 is 1.69 bits per heavy atom. The first kappa shape index (κ1) is 28.0. The van der Waals surface area contributed by atoms with Gasteiger partial charge in [0, 0.05) is 43.7 Å². The minimum atomic E-state index is 0.903. The van der Waals surface area contributed by atoms with Gasteiger partial charge in [-0.1, -0.05) is 115 Å². The van der Waals surface area contributed by atoms with Crippen LogP contribution in [0.2, 0.25) is 0 Å². The van der Waals surface area contributed by atoms with Crippen molar-refractivity contribution in [1.29, 1.82) is 0 Å². The van der Waals surface area contributed by atoms with Crippen LogP contribution in [0, 0.1) is 0 Å². The van der Waals surface area contributed by atoms with E-state index in [-0.39, 0.29) is 0 Å². The summed E-state index contributed by atoms with van der Waals surface area (Å²) in [6, 6.07) is 65.6. The Hall–Kier alpha value is -6.84. The maximum absolute atomic E-state index is 6.19. The Morgan fingerprint density at radius 1 is 0.275 bits per heavy atom. The molecule has 3 aromatic heterocycles. The highest BCUT2D eigenvalue weighted by Gasteiger charge is 2.17. The van der Waals surface area contributed by atoms with Crippen molar-refractivity contribution in [3.63, 3.8) is 0 Å². The van der Waals surface area contributed by atoms with Crippen LogP contribution < -0.4 is 0 Å². The third-order valence-electron chi connectivity index (χ3n) is 10.5. The smallest absolute Gasteiger partial charge is 0.135 e. The van der Waals surface area contributed by atoms with Crippen LogP contribution in [-0.4, -0.2) is 9.13 Å². The Balaban J connectivity index is 1.10. The lowest BCUT2D eigenvalue weighted by Gasteiger charge is -2.11. The molecule has 0 fully saturated rings. The molecule has 238 valence electrons. The molecule has 0 saturated carbocycles. The monoisotopic (exact) mass is 650 g/mol. The lowest BCUT2D eigenvalue weighted by atomic mass is 10.0. The lowest BCUT2D eigenvalue weighted by Crippen LogP contribution is -1.94. The predicted molar refractivity (Wildman–Crippen MR) is 213 cm³/mol. The second-order valence-corrected chi connectivity index (χ2v) is 13.4. The van der Waals surface area contributed by atoms with Gasteiger partial charge in [0.1, 0.15) is 11.2 Å². The molecule has 11 aromatic rings. The summed E-state index contributed by atoms with van der Waals surface area (Å²) < 4.78 is 11.0. The zero-order valence-corrected chi connectivity index (χ0v) is 27.6. The van der Waals surface area contributed by atoms with Gasteiger partial charge in [-0.3, -0.25) is 0 Å². The van der Waals surface area contributed by atoms with Crippen LogP contribution in [0.1, 0.15) is 0 Å². The largest absolute Gasteiger partial charge is 0.456 e. The molecule has 0 atom stereocenters. The van der Waals surface area contributed by atoms with E-state index in [0.717, 1.165) is 33.3 Å². The van der Waals surface area contributed by atoms with E-state index in [2.05, 4.69) is 179 Å². The topological polar surface area (TPSA) is 23.0 Å². The molecule has 0 radical (unpaired) electrons. The number of rotatable bonds is 4. The first-order valence-corrected chi connectivity index (χ1v) is 17.4. The molecule has 0 spiro atoms. The molecule has 3 heterocycles. The number of para-hydroxylation sites is 3. The standard InChI is InChI=1S/C48H30N2O/c1-2-11-31(12-3-1)32-13-10-14-35(27-32)49-44-19-8-5-16-38(44)41-28-33(22-25-45(41)49)34-21-24-39-37-15-4-7-18-43(37)50(46(39)29-34)36-23-26-48-42(30-36)40-17-6-9-20-47(40)51-48/h1-30H. The van der Waals surface area contributed by atoms with Crippen molar-refractivity contribution < 1.29 is 4.42 Å². The summed E-state index contributed by atoms with van der Waals surface area (Å²) in [6.07, 6.45) is 0. The molecule has 8 aromatic carbocycles. The summed E-state index contributed by atoms with van der Waals surface area (Å²) in [5.74, 6) is 0. The van der Waals surface area contributed by atoms with E-state index < -0.39 is 0 Å². The number of furan rings is 1. The summed E-state index contributed by atoms with van der Waals surface area (Å²) in [6.45, 7) is 0. The van der Waals surface area contributed by atoms with Gasteiger partial charge in [0.05, 0.1) is 22.1 Å². The zero-order valence-electron chi connectivity index (χ0n) is 27.6. The van der Waals surface area contributed by atoms with Gasteiger partial charge in [0.25, 0.3) is 0 Å². The average Bonchev–Trinajstić information content (AvgIpc) is 3.85. The van der Waals surface area contributed by atoms with Gasteiger partial charge in [0.15, 0.2) is 0 Å². The fraction of sp³-hybridized carbons (Fsp3) is 0. The second-order valence-electron chi connectivity index (χ2n) is 13.4. The number of fused-ring (bicyclic) bond motifs is 9. The lowest BCUT2D eigenvalue weighted by molar-refractivity contribution is 0.669. The Bertz CT molecular complexity index is 3140. The number of benzene rings is 8. The van der Waals surface area contributed by atoms with E-state index in [1.807, 2.05) is 12.1 Å². The van der Waals surface area contributed by atoms with Gasteiger partial charge in [0.2, 0.25) is 0 Å². The highest BCUT2D eigenvalue weighted by Crippen LogP contribution is 2.39. The van der Waals surface area contributed by atoms with Crippen LogP contribution in [0.15, 0.2) is 186 Å². The van der Waals surface area contributed by atoms with Crippen molar-refractivity contribution in [3.8, 4) is 33.6 Å². The van der Waals surface area contributed by atoms with Gasteiger partial charge in [-0.2, -0.15) is 0 Å². The summed E-state index contributed by atoms with van der Waals surface area (Å²) in [5, 5.41) is 7.23. The van der Waals surface area contributed by atoms with Gasteiger partial charge in [-0.05, 0) is 89.0 Å². The molecule has 0 amide bonds. The predicted octanol–water partition coefficient (Wildman–Crippen LogP) is 13.1. The summed E-state index contributed by atoms with van der Waals surface area (Å²) >= 11 is 0. The van der Waals surface area contributed by atoms with Crippen molar-refractivity contribution in [2.24, 2.45) is 0 Å². The fourth-order valence-corrected chi connectivity index (χ4v) is 8.17.